The topological polar surface area (TPSA) is 38.4 Å². The van der Waals surface area contributed by atoms with Crippen molar-refractivity contribution >= 4 is 23.1 Å². The van der Waals surface area contributed by atoms with Gasteiger partial charge in [-0.3, -0.25) is 0 Å². The summed E-state index contributed by atoms with van der Waals surface area (Å²) in [6, 6.07) is 3.95. The lowest BCUT2D eigenvalue weighted by molar-refractivity contribution is 0.627. The number of alkyl halides is 1. The van der Waals surface area contributed by atoms with Crippen LogP contribution in [0.1, 0.15) is 5.56 Å². The molecule has 0 saturated carbocycles. The Balaban J connectivity index is 3.17. The van der Waals surface area contributed by atoms with Gasteiger partial charge in [0.05, 0.1) is 17.1 Å². The number of benzene rings is 1. The molecule has 14 heavy (non-hydrogen) atoms. The Morgan fingerprint density at radius 2 is 2.36 bits per heavy atom. The molecule has 4 heteroatoms. The Morgan fingerprint density at radius 1 is 1.64 bits per heavy atom. The fourth-order valence-electron chi connectivity index (χ4n) is 0.906. The summed E-state index contributed by atoms with van der Waals surface area (Å²) in [5, 5.41) is 0. The van der Waals surface area contributed by atoms with Crippen LogP contribution in [0.4, 0.5) is 10.1 Å². The number of amidine groups is 1. The van der Waals surface area contributed by atoms with Crippen LogP contribution in [0.15, 0.2) is 23.2 Å². The summed E-state index contributed by atoms with van der Waals surface area (Å²) in [7, 11) is 0. The maximum atomic E-state index is 12.8. The Hall–Kier alpha value is -1.53. The quantitative estimate of drug-likeness (QED) is 0.345. The lowest BCUT2D eigenvalue weighted by Gasteiger charge is -2.00. The van der Waals surface area contributed by atoms with Gasteiger partial charge in [-0.15, -0.1) is 18.0 Å². The first-order chi connectivity index (χ1) is 6.67. The molecule has 0 aromatic heterocycles. The van der Waals surface area contributed by atoms with Gasteiger partial charge in [-0.1, -0.05) is 5.92 Å². The fourth-order valence-corrected chi connectivity index (χ4v) is 0.966. The fraction of sp³-hybridized carbons (Fsp3) is 0.100. The molecule has 0 aliphatic carbocycles. The van der Waals surface area contributed by atoms with Crippen LogP contribution < -0.4 is 5.73 Å². The van der Waals surface area contributed by atoms with Gasteiger partial charge in [0.15, 0.2) is 0 Å². The minimum Gasteiger partial charge on any atom is -0.386 e. The van der Waals surface area contributed by atoms with E-state index < -0.39 is 5.82 Å². The van der Waals surface area contributed by atoms with Crippen molar-refractivity contribution in [3.63, 3.8) is 0 Å². The average molecular weight is 211 g/mol. The van der Waals surface area contributed by atoms with Crippen molar-refractivity contribution < 1.29 is 4.39 Å². The largest absolute Gasteiger partial charge is 0.386 e. The summed E-state index contributed by atoms with van der Waals surface area (Å²) in [5.41, 5.74) is 6.23. The van der Waals surface area contributed by atoms with E-state index in [1.165, 1.54) is 18.2 Å². The van der Waals surface area contributed by atoms with E-state index >= 15 is 0 Å². The van der Waals surface area contributed by atoms with Crippen molar-refractivity contribution in [2.75, 3.05) is 5.88 Å². The molecule has 0 unspecified atom stereocenters. The summed E-state index contributed by atoms with van der Waals surface area (Å²) in [6.45, 7) is 0. The van der Waals surface area contributed by atoms with Crippen molar-refractivity contribution in [3.05, 3.63) is 29.6 Å². The molecular weight excluding hydrogens is 203 g/mol. The maximum Gasteiger partial charge on any atom is 0.124 e. The van der Waals surface area contributed by atoms with Crippen molar-refractivity contribution in [2.45, 2.75) is 0 Å². The van der Waals surface area contributed by atoms with Gasteiger partial charge >= 0.3 is 0 Å². The van der Waals surface area contributed by atoms with E-state index in [2.05, 4.69) is 10.9 Å². The Labute approximate surface area is 86.6 Å². The van der Waals surface area contributed by atoms with Gasteiger partial charge in [-0.2, -0.15) is 0 Å². The van der Waals surface area contributed by atoms with E-state index in [4.69, 9.17) is 23.8 Å². The standard InChI is InChI=1S/C10H8ClFN2/c1-2-7-5-8(12)3-4-9(7)14-10(13)6-11/h1,3-5H,6H2,(H2,13,14). The monoisotopic (exact) mass is 210 g/mol. The average Bonchev–Trinajstić information content (AvgIpc) is 2.20. The van der Waals surface area contributed by atoms with E-state index in [0.717, 1.165) is 0 Å². The van der Waals surface area contributed by atoms with Gasteiger partial charge in [0.2, 0.25) is 0 Å². The van der Waals surface area contributed by atoms with Gasteiger partial charge in [0, 0.05) is 0 Å². The molecule has 1 rings (SSSR count). The first kappa shape index (κ1) is 10.6. The van der Waals surface area contributed by atoms with Crippen LogP contribution in [-0.4, -0.2) is 11.7 Å². The predicted molar refractivity (Wildman–Crippen MR) is 56.3 cm³/mol. The van der Waals surface area contributed by atoms with Crippen LogP contribution in [-0.2, 0) is 0 Å². The van der Waals surface area contributed by atoms with Gasteiger partial charge < -0.3 is 5.73 Å². The van der Waals surface area contributed by atoms with Crippen LogP contribution in [0.25, 0.3) is 0 Å². The molecule has 0 fully saturated rings. The summed E-state index contributed by atoms with van der Waals surface area (Å²) < 4.78 is 12.8. The Kier molecular flexibility index (Phi) is 3.49. The van der Waals surface area contributed by atoms with Crippen LogP contribution in [0, 0.1) is 18.2 Å². The van der Waals surface area contributed by atoms with Crippen LogP contribution in [0.3, 0.4) is 0 Å². The molecule has 1 aromatic rings. The maximum absolute atomic E-state index is 12.8. The zero-order valence-corrected chi connectivity index (χ0v) is 8.05. The van der Waals surface area contributed by atoms with Crippen molar-refractivity contribution in [2.24, 2.45) is 10.7 Å². The molecule has 2 N–H and O–H groups in total. The molecule has 0 radical (unpaired) electrons. The third-order valence-electron chi connectivity index (χ3n) is 1.52. The molecule has 0 saturated heterocycles. The lowest BCUT2D eigenvalue weighted by atomic mass is 10.2. The Morgan fingerprint density at radius 3 is 2.93 bits per heavy atom. The molecule has 0 atom stereocenters. The van der Waals surface area contributed by atoms with Crippen LogP contribution in [0.5, 0.6) is 0 Å². The number of aliphatic imine (C=N–C) groups is 1. The highest BCUT2D eigenvalue weighted by Gasteiger charge is 2.01. The number of rotatable bonds is 2. The number of hydrogen-bond donors (Lipinski definition) is 1. The smallest absolute Gasteiger partial charge is 0.124 e. The second-order valence-corrected chi connectivity index (χ2v) is 2.81. The minimum absolute atomic E-state index is 0.112. The third-order valence-corrected chi connectivity index (χ3v) is 1.79. The summed E-state index contributed by atoms with van der Waals surface area (Å²) in [6.07, 6.45) is 5.18. The first-order valence-electron chi connectivity index (χ1n) is 3.82. The van der Waals surface area contributed by atoms with Crippen molar-refractivity contribution in [3.8, 4) is 12.3 Å². The van der Waals surface area contributed by atoms with E-state index in [1.54, 1.807) is 0 Å². The Bertz CT molecular complexity index is 407. The summed E-state index contributed by atoms with van der Waals surface area (Å²) in [4.78, 5) is 3.94. The minimum atomic E-state index is -0.402. The molecule has 0 heterocycles. The molecule has 2 nitrogen and oxygen atoms in total. The van der Waals surface area contributed by atoms with Crippen LogP contribution >= 0.6 is 11.6 Å². The zero-order chi connectivity index (χ0) is 10.6. The van der Waals surface area contributed by atoms with Gasteiger partial charge in [0.25, 0.3) is 0 Å². The highest BCUT2D eigenvalue weighted by Crippen LogP contribution is 2.19. The van der Waals surface area contributed by atoms with E-state index in [-0.39, 0.29) is 11.7 Å². The molecule has 1 aromatic carbocycles. The highest BCUT2D eigenvalue weighted by atomic mass is 35.5. The van der Waals surface area contributed by atoms with Gasteiger partial charge in [-0.25, -0.2) is 9.38 Å². The van der Waals surface area contributed by atoms with Crippen molar-refractivity contribution in [1.29, 1.82) is 0 Å². The normalized spacial score (nSPS) is 11.1. The number of nitrogens with zero attached hydrogens (tertiary/aromatic N) is 1. The third kappa shape index (κ3) is 2.48. The number of hydrogen-bond acceptors (Lipinski definition) is 1. The zero-order valence-electron chi connectivity index (χ0n) is 7.30. The summed E-state index contributed by atoms with van der Waals surface area (Å²) in [5.74, 6) is 2.28. The van der Waals surface area contributed by atoms with Crippen LogP contribution in [0.2, 0.25) is 0 Å². The predicted octanol–water partition coefficient (Wildman–Crippen LogP) is 2.03. The second-order valence-electron chi connectivity index (χ2n) is 2.54. The molecule has 0 aliphatic rings. The molecular formula is C10H8ClFN2. The molecule has 0 bridgehead atoms. The van der Waals surface area contributed by atoms with Gasteiger partial charge in [0.1, 0.15) is 11.7 Å². The van der Waals surface area contributed by atoms with Gasteiger partial charge in [-0.05, 0) is 18.2 Å². The van der Waals surface area contributed by atoms with E-state index in [1.807, 2.05) is 0 Å². The number of terminal acetylenes is 1. The van der Waals surface area contributed by atoms with E-state index in [0.29, 0.717) is 11.3 Å². The molecule has 0 spiro atoms. The number of halogens is 2. The molecule has 0 amide bonds. The molecule has 0 aliphatic heterocycles. The first-order valence-corrected chi connectivity index (χ1v) is 4.36. The SMILES string of the molecule is C#Cc1cc(F)ccc1N=C(N)CCl. The second kappa shape index (κ2) is 4.64. The molecule has 72 valence electrons. The van der Waals surface area contributed by atoms with Crippen molar-refractivity contribution in [1.82, 2.24) is 0 Å². The highest BCUT2D eigenvalue weighted by molar-refractivity contribution is 6.28. The summed E-state index contributed by atoms with van der Waals surface area (Å²) >= 11 is 5.45. The number of nitrogens with two attached hydrogens (primary N) is 1. The lowest BCUT2D eigenvalue weighted by Crippen LogP contribution is -2.12. The van der Waals surface area contributed by atoms with E-state index in [9.17, 15) is 4.39 Å².